The van der Waals surface area contributed by atoms with Crippen LogP contribution in [-0.2, 0) is 4.74 Å². The van der Waals surface area contributed by atoms with Gasteiger partial charge in [-0.25, -0.2) is 4.79 Å². The average Bonchev–Trinajstić information content (AvgIpc) is 2.50. The summed E-state index contributed by atoms with van der Waals surface area (Å²) in [4.78, 5) is 30.4. The van der Waals surface area contributed by atoms with Gasteiger partial charge in [-0.3, -0.25) is 4.79 Å². The third-order valence-corrected chi connectivity index (χ3v) is 4.60. The van der Waals surface area contributed by atoms with Gasteiger partial charge < -0.3 is 19.4 Å². The van der Waals surface area contributed by atoms with Gasteiger partial charge >= 0.3 is 6.09 Å². The maximum absolute atomic E-state index is 12.7. The Morgan fingerprint density at radius 3 is 2.67 bits per heavy atom. The standard InChI is InChI=1S/C17H22ClN3O3/c1-17(2,3)24-16(23)20-8-9-21-12-7-5-6-11(18)14(12)15(22)19(4)13(21)10-20/h5-7,13H,8-10H2,1-4H3. The first-order chi connectivity index (χ1) is 11.2. The van der Waals surface area contributed by atoms with Gasteiger partial charge in [-0.1, -0.05) is 17.7 Å². The molecule has 1 saturated heterocycles. The fraction of sp³-hybridized carbons (Fsp3) is 0.529. The summed E-state index contributed by atoms with van der Waals surface area (Å²) in [7, 11) is 1.74. The Hall–Kier alpha value is -1.95. The molecule has 3 rings (SSSR count). The van der Waals surface area contributed by atoms with E-state index in [4.69, 9.17) is 16.3 Å². The second-order valence-corrected chi connectivity index (χ2v) is 7.56. The summed E-state index contributed by atoms with van der Waals surface area (Å²) < 4.78 is 5.45. The fourth-order valence-corrected chi connectivity index (χ4v) is 3.40. The van der Waals surface area contributed by atoms with Crippen molar-refractivity contribution in [1.29, 1.82) is 0 Å². The van der Waals surface area contributed by atoms with Gasteiger partial charge in [-0.15, -0.1) is 0 Å². The van der Waals surface area contributed by atoms with E-state index in [1.165, 1.54) is 0 Å². The van der Waals surface area contributed by atoms with Crippen molar-refractivity contribution < 1.29 is 14.3 Å². The van der Waals surface area contributed by atoms with Gasteiger partial charge in [0.25, 0.3) is 5.91 Å². The molecule has 0 saturated carbocycles. The summed E-state index contributed by atoms with van der Waals surface area (Å²) in [5, 5.41) is 0.456. The second kappa shape index (κ2) is 5.84. The third-order valence-electron chi connectivity index (χ3n) is 4.29. The van der Waals surface area contributed by atoms with Crippen LogP contribution in [-0.4, -0.2) is 60.2 Å². The van der Waals surface area contributed by atoms with Crippen LogP contribution in [0.3, 0.4) is 0 Å². The predicted octanol–water partition coefficient (Wildman–Crippen LogP) is 2.81. The molecule has 2 heterocycles. The summed E-state index contributed by atoms with van der Waals surface area (Å²) in [6.45, 7) is 7.10. The first-order valence-electron chi connectivity index (χ1n) is 7.99. The Bertz CT molecular complexity index is 686. The molecule has 2 aliphatic rings. The Morgan fingerprint density at radius 1 is 1.29 bits per heavy atom. The number of hydrogen-bond acceptors (Lipinski definition) is 4. The maximum Gasteiger partial charge on any atom is 0.410 e. The SMILES string of the molecule is CN1C(=O)c2c(Cl)cccc2N2CCN(C(=O)OC(C)(C)C)CC12. The van der Waals surface area contributed by atoms with Gasteiger partial charge in [-0.05, 0) is 32.9 Å². The monoisotopic (exact) mass is 351 g/mol. The van der Waals surface area contributed by atoms with Gasteiger partial charge in [-0.2, -0.15) is 0 Å². The highest BCUT2D eigenvalue weighted by atomic mass is 35.5. The Balaban J connectivity index is 1.86. The van der Waals surface area contributed by atoms with Crippen LogP contribution in [0.2, 0.25) is 5.02 Å². The zero-order chi connectivity index (χ0) is 17.6. The second-order valence-electron chi connectivity index (χ2n) is 7.15. The van der Waals surface area contributed by atoms with Crippen LogP contribution in [0.25, 0.3) is 0 Å². The Morgan fingerprint density at radius 2 is 2.00 bits per heavy atom. The summed E-state index contributed by atoms with van der Waals surface area (Å²) in [6.07, 6.45) is -0.565. The molecule has 6 nitrogen and oxygen atoms in total. The summed E-state index contributed by atoms with van der Waals surface area (Å²) in [5.74, 6) is -0.122. The quantitative estimate of drug-likeness (QED) is 0.721. The molecule has 0 aromatic heterocycles. The first-order valence-corrected chi connectivity index (χ1v) is 8.37. The van der Waals surface area contributed by atoms with Crippen LogP contribution >= 0.6 is 11.6 Å². The molecule has 0 radical (unpaired) electrons. The number of anilines is 1. The molecular weight excluding hydrogens is 330 g/mol. The van der Waals surface area contributed by atoms with E-state index >= 15 is 0 Å². The van der Waals surface area contributed by atoms with Crippen LogP contribution in [0.1, 0.15) is 31.1 Å². The lowest BCUT2D eigenvalue weighted by atomic mass is 10.0. The molecule has 1 atom stereocenters. The van der Waals surface area contributed by atoms with Crippen molar-refractivity contribution in [2.75, 3.05) is 31.6 Å². The number of hydrogen-bond donors (Lipinski definition) is 0. The molecule has 0 bridgehead atoms. The molecule has 1 aromatic rings. The molecule has 24 heavy (non-hydrogen) atoms. The lowest BCUT2D eigenvalue weighted by Crippen LogP contribution is -2.64. The highest BCUT2D eigenvalue weighted by Gasteiger charge is 2.41. The summed E-state index contributed by atoms with van der Waals surface area (Å²) >= 11 is 6.23. The Labute approximate surface area is 146 Å². The molecule has 1 aromatic carbocycles. The summed E-state index contributed by atoms with van der Waals surface area (Å²) in [6, 6.07) is 5.47. The molecule has 7 heteroatoms. The van der Waals surface area contributed by atoms with Gasteiger partial charge in [0.2, 0.25) is 0 Å². The predicted molar refractivity (Wildman–Crippen MR) is 92.5 cm³/mol. The maximum atomic E-state index is 12.7. The van der Waals surface area contributed by atoms with Crippen LogP contribution in [0, 0.1) is 0 Å². The van der Waals surface area contributed by atoms with E-state index < -0.39 is 5.60 Å². The topological polar surface area (TPSA) is 53.1 Å². The number of nitrogens with zero attached hydrogens (tertiary/aromatic N) is 3. The molecule has 0 N–H and O–H groups in total. The normalized spacial score (nSPS) is 20.6. The summed E-state index contributed by atoms with van der Waals surface area (Å²) in [5.41, 5.74) is 0.825. The zero-order valence-electron chi connectivity index (χ0n) is 14.4. The van der Waals surface area contributed by atoms with Crippen molar-refractivity contribution in [3.8, 4) is 0 Å². The van der Waals surface area contributed by atoms with E-state index in [1.54, 1.807) is 22.9 Å². The molecule has 130 valence electrons. The number of halogens is 1. The van der Waals surface area contributed by atoms with Crippen molar-refractivity contribution in [3.63, 3.8) is 0 Å². The zero-order valence-corrected chi connectivity index (χ0v) is 15.1. The van der Waals surface area contributed by atoms with Crippen LogP contribution in [0.4, 0.5) is 10.5 Å². The van der Waals surface area contributed by atoms with E-state index in [0.29, 0.717) is 30.2 Å². The average molecular weight is 352 g/mol. The fourth-order valence-electron chi connectivity index (χ4n) is 3.14. The lowest BCUT2D eigenvalue weighted by molar-refractivity contribution is 0.0138. The number of carbonyl (C=O) groups is 2. The van der Waals surface area contributed by atoms with Crippen LogP contribution < -0.4 is 4.90 Å². The van der Waals surface area contributed by atoms with Crippen molar-refractivity contribution in [2.24, 2.45) is 0 Å². The van der Waals surface area contributed by atoms with Crippen molar-refractivity contribution in [1.82, 2.24) is 9.80 Å². The highest BCUT2D eigenvalue weighted by Crippen LogP contribution is 2.36. The molecule has 2 aliphatic heterocycles. The van der Waals surface area contributed by atoms with E-state index in [2.05, 4.69) is 4.90 Å². The number of benzene rings is 1. The molecule has 0 aliphatic carbocycles. The molecular formula is C17H22ClN3O3. The molecule has 0 spiro atoms. The third kappa shape index (κ3) is 2.90. The highest BCUT2D eigenvalue weighted by molar-refractivity contribution is 6.34. The smallest absolute Gasteiger partial charge is 0.410 e. The van der Waals surface area contributed by atoms with E-state index in [1.807, 2.05) is 32.9 Å². The van der Waals surface area contributed by atoms with Crippen molar-refractivity contribution >= 4 is 29.3 Å². The molecule has 1 unspecified atom stereocenters. The number of fused-ring (bicyclic) bond motifs is 3. The minimum absolute atomic E-state index is 0.122. The number of amides is 2. The Kier molecular flexibility index (Phi) is 4.11. The molecule has 1 fully saturated rings. The van der Waals surface area contributed by atoms with E-state index in [9.17, 15) is 9.59 Å². The lowest BCUT2D eigenvalue weighted by Gasteiger charge is -2.49. The van der Waals surface area contributed by atoms with Gasteiger partial charge in [0.1, 0.15) is 11.8 Å². The van der Waals surface area contributed by atoms with Gasteiger partial charge in [0.05, 0.1) is 22.8 Å². The van der Waals surface area contributed by atoms with Gasteiger partial charge in [0, 0.05) is 20.1 Å². The molecule has 2 amide bonds. The van der Waals surface area contributed by atoms with E-state index in [-0.39, 0.29) is 18.2 Å². The largest absolute Gasteiger partial charge is 0.444 e. The number of likely N-dealkylation sites (N-methyl/N-ethyl adjacent to an activating group) is 1. The van der Waals surface area contributed by atoms with Crippen molar-refractivity contribution in [2.45, 2.75) is 32.5 Å². The minimum atomic E-state index is -0.539. The van der Waals surface area contributed by atoms with E-state index in [0.717, 1.165) is 5.69 Å². The first kappa shape index (κ1) is 16.9. The number of ether oxygens (including phenoxy) is 1. The van der Waals surface area contributed by atoms with Crippen molar-refractivity contribution in [3.05, 3.63) is 28.8 Å². The van der Waals surface area contributed by atoms with Crippen LogP contribution in [0.15, 0.2) is 18.2 Å². The number of carbonyl (C=O) groups excluding carboxylic acids is 2. The minimum Gasteiger partial charge on any atom is -0.444 e. The number of rotatable bonds is 0. The van der Waals surface area contributed by atoms with Gasteiger partial charge in [0.15, 0.2) is 0 Å². The van der Waals surface area contributed by atoms with Crippen LogP contribution in [0.5, 0.6) is 0 Å². The number of piperazine rings is 1.